The standard InChI is InChI=1S/C11H19N3O2S/c1-3-10-11(7-14(2)13-10)12-9-5-4-6-17(15,16)8-9/h7,9,12H,3-6,8H2,1-2H3. The Morgan fingerprint density at radius 2 is 2.35 bits per heavy atom. The first-order valence-electron chi connectivity index (χ1n) is 5.99. The van der Waals surface area contributed by atoms with Gasteiger partial charge in [-0.15, -0.1) is 0 Å². The Balaban J connectivity index is 2.10. The molecule has 1 fully saturated rings. The molecule has 0 radical (unpaired) electrons. The number of sulfone groups is 1. The number of anilines is 1. The van der Waals surface area contributed by atoms with E-state index in [2.05, 4.69) is 10.4 Å². The van der Waals surface area contributed by atoms with Gasteiger partial charge in [-0.05, 0) is 19.3 Å². The average Bonchev–Trinajstić information content (AvgIpc) is 2.57. The van der Waals surface area contributed by atoms with Crippen molar-refractivity contribution in [1.82, 2.24) is 9.78 Å². The van der Waals surface area contributed by atoms with Crippen LogP contribution in [0.1, 0.15) is 25.5 Å². The van der Waals surface area contributed by atoms with Gasteiger partial charge in [-0.25, -0.2) is 8.42 Å². The SMILES string of the molecule is CCc1nn(C)cc1NC1CCCS(=O)(=O)C1. The molecule has 0 aromatic carbocycles. The summed E-state index contributed by atoms with van der Waals surface area (Å²) in [6.45, 7) is 2.05. The molecular weight excluding hydrogens is 238 g/mol. The van der Waals surface area contributed by atoms with Crippen LogP contribution in [0.25, 0.3) is 0 Å². The molecule has 1 atom stereocenters. The molecule has 1 unspecified atom stereocenters. The second-order valence-electron chi connectivity index (χ2n) is 4.61. The fourth-order valence-electron chi connectivity index (χ4n) is 2.27. The number of aromatic nitrogens is 2. The van der Waals surface area contributed by atoms with E-state index in [1.165, 1.54) is 0 Å². The van der Waals surface area contributed by atoms with E-state index < -0.39 is 9.84 Å². The molecule has 2 heterocycles. The smallest absolute Gasteiger partial charge is 0.152 e. The van der Waals surface area contributed by atoms with Crippen LogP contribution in [0.5, 0.6) is 0 Å². The summed E-state index contributed by atoms with van der Waals surface area (Å²) in [7, 11) is -0.978. The number of nitrogens with one attached hydrogen (secondary N) is 1. The molecule has 6 heteroatoms. The molecular formula is C11H19N3O2S. The minimum absolute atomic E-state index is 0.0308. The van der Waals surface area contributed by atoms with E-state index in [1.807, 2.05) is 20.2 Å². The molecule has 0 spiro atoms. The zero-order valence-corrected chi connectivity index (χ0v) is 11.1. The Bertz CT molecular complexity index is 493. The van der Waals surface area contributed by atoms with Crippen molar-refractivity contribution in [2.24, 2.45) is 7.05 Å². The average molecular weight is 257 g/mol. The Labute approximate surface area is 102 Å². The van der Waals surface area contributed by atoms with Crippen LogP contribution < -0.4 is 5.32 Å². The molecule has 1 aliphatic rings. The molecule has 17 heavy (non-hydrogen) atoms. The van der Waals surface area contributed by atoms with Crippen LogP contribution in [-0.4, -0.2) is 35.7 Å². The van der Waals surface area contributed by atoms with Gasteiger partial charge in [-0.3, -0.25) is 4.68 Å². The van der Waals surface area contributed by atoms with E-state index in [0.29, 0.717) is 5.75 Å². The van der Waals surface area contributed by atoms with Crippen molar-refractivity contribution < 1.29 is 8.42 Å². The third kappa shape index (κ3) is 3.00. The third-order valence-electron chi connectivity index (χ3n) is 3.06. The molecule has 1 aliphatic heterocycles. The minimum atomic E-state index is -2.85. The number of hydrogen-bond acceptors (Lipinski definition) is 4. The Kier molecular flexibility index (Phi) is 3.42. The lowest BCUT2D eigenvalue weighted by atomic mass is 10.1. The van der Waals surface area contributed by atoms with Gasteiger partial charge in [0.25, 0.3) is 0 Å². The van der Waals surface area contributed by atoms with E-state index in [9.17, 15) is 8.42 Å². The largest absolute Gasteiger partial charge is 0.379 e. The molecule has 96 valence electrons. The second kappa shape index (κ2) is 4.68. The molecule has 0 bridgehead atoms. The highest BCUT2D eigenvalue weighted by Gasteiger charge is 2.25. The van der Waals surface area contributed by atoms with Crippen molar-refractivity contribution in [2.45, 2.75) is 32.2 Å². The summed E-state index contributed by atoms with van der Waals surface area (Å²) in [5, 5.41) is 7.65. The molecule has 1 aromatic rings. The van der Waals surface area contributed by atoms with E-state index in [1.54, 1.807) is 4.68 Å². The molecule has 1 aromatic heterocycles. The van der Waals surface area contributed by atoms with Crippen LogP contribution in [0, 0.1) is 0 Å². The first kappa shape index (κ1) is 12.4. The van der Waals surface area contributed by atoms with Gasteiger partial charge in [0.2, 0.25) is 0 Å². The van der Waals surface area contributed by atoms with Gasteiger partial charge in [0.15, 0.2) is 9.84 Å². The van der Waals surface area contributed by atoms with E-state index >= 15 is 0 Å². The first-order chi connectivity index (χ1) is 8.00. The summed E-state index contributed by atoms with van der Waals surface area (Å²) < 4.78 is 24.9. The summed E-state index contributed by atoms with van der Waals surface area (Å²) in [5.74, 6) is 0.573. The lowest BCUT2D eigenvalue weighted by molar-refractivity contribution is 0.562. The van der Waals surface area contributed by atoms with Gasteiger partial charge >= 0.3 is 0 Å². The molecule has 0 aliphatic carbocycles. The summed E-state index contributed by atoms with van der Waals surface area (Å²) in [5.41, 5.74) is 1.97. The normalized spacial score (nSPS) is 23.5. The molecule has 1 saturated heterocycles. The number of rotatable bonds is 3. The van der Waals surface area contributed by atoms with Gasteiger partial charge in [-0.2, -0.15) is 5.10 Å². The third-order valence-corrected chi connectivity index (χ3v) is 4.88. The van der Waals surface area contributed by atoms with E-state index in [0.717, 1.165) is 30.6 Å². The first-order valence-corrected chi connectivity index (χ1v) is 7.82. The van der Waals surface area contributed by atoms with Gasteiger partial charge in [0, 0.05) is 19.3 Å². The molecule has 1 N–H and O–H groups in total. The molecule has 0 amide bonds. The van der Waals surface area contributed by atoms with Crippen molar-refractivity contribution in [3.63, 3.8) is 0 Å². The Morgan fingerprint density at radius 1 is 1.59 bits per heavy atom. The number of nitrogens with zero attached hydrogens (tertiary/aromatic N) is 2. The van der Waals surface area contributed by atoms with Crippen LogP contribution in [0.2, 0.25) is 0 Å². The molecule has 5 nitrogen and oxygen atoms in total. The maximum absolute atomic E-state index is 11.6. The zero-order valence-electron chi connectivity index (χ0n) is 10.3. The van der Waals surface area contributed by atoms with Crippen LogP contribution >= 0.6 is 0 Å². The maximum atomic E-state index is 11.6. The molecule has 2 rings (SSSR count). The number of hydrogen-bond donors (Lipinski definition) is 1. The van der Waals surface area contributed by atoms with E-state index in [4.69, 9.17) is 0 Å². The topological polar surface area (TPSA) is 64.0 Å². The highest BCUT2D eigenvalue weighted by atomic mass is 32.2. The van der Waals surface area contributed by atoms with Gasteiger partial charge in [0.05, 0.1) is 22.9 Å². The van der Waals surface area contributed by atoms with Crippen LogP contribution in [0.4, 0.5) is 5.69 Å². The lowest BCUT2D eigenvalue weighted by Crippen LogP contribution is -2.34. The highest BCUT2D eigenvalue weighted by Crippen LogP contribution is 2.20. The molecule has 0 saturated carbocycles. The quantitative estimate of drug-likeness (QED) is 0.876. The fraction of sp³-hybridized carbons (Fsp3) is 0.727. The van der Waals surface area contributed by atoms with Gasteiger partial charge in [-0.1, -0.05) is 6.92 Å². The summed E-state index contributed by atoms with van der Waals surface area (Å²) in [6.07, 6.45) is 4.43. The minimum Gasteiger partial charge on any atom is -0.379 e. The monoisotopic (exact) mass is 257 g/mol. The number of aryl methyl sites for hydroxylation is 2. The fourth-order valence-corrected chi connectivity index (χ4v) is 3.91. The Hall–Kier alpha value is -1.04. The van der Waals surface area contributed by atoms with Crippen LogP contribution in [-0.2, 0) is 23.3 Å². The summed E-state index contributed by atoms with van der Waals surface area (Å²) in [4.78, 5) is 0. The summed E-state index contributed by atoms with van der Waals surface area (Å²) >= 11 is 0. The predicted molar refractivity (Wildman–Crippen MR) is 67.9 cm³/mol. The summed E-state index contributed by atoms with van der Waals surface area (Å²) in [6, 6.07) is 0.0308. The van der Waals surface area contributed by atoms with Crippen LogP contribution in [0.3, 0.4) is 0 Å². The highest BCUT2D eigenvalue weighted by molar-refractivity contribution is 7.91. The van der Waals surface area contributed by atoms with Crippen molar-refractivity contribution in [3.05, 3.63) is 11.9 Å². The van der Waals surface area contributed by atoms with Crippen molar-refractivity contribution in [2.75, 3.05) is 16.8 Å². The van der Waals surface area contributed by atoms with E-state index in [-0.39, 0.29) is 11.8 Å². The van der Waals surface area contributed by atoms with Crippen molar-refractivity contribution in [3.8, 4) is 0 Å². The maximum Gasteiger partial charge on any atom is 0.152 e. The van der Waals surface area contributed by atoms with Crippen LogP contribution in [0.15, 0.2) is 6.20 Å². The predicted octanol–water partition coefficient (Wildman–Crippen LogP) is 0.972. The van der Waals surface area contributed by atoms with Crippen molar-refractivity contribution >= 4 is 15.5 Å². The lowest BCUT2D eigenvalue weighted by Gasteiger charge is -2.23. The van der Waals surface area contributed by atoms with Gasteiger partial charge in [0.1, 0.15) is 0 Å². The van der Waals surface area contributed by atoms with Crippen molar-refractivity contribution in [1.29, 1.82) is 0 Å². The van der Waals surface area contributed by atoms with Gasteiger partial charge < -0.3 is 5.32 Å². The second-order valence-corrected chi connectivity index (χ2v) is 6.84. The Morgan fingerprint density at radius 3 is 3.00 bits per heavy atom. The zero-order chi connectivity index (χ0) is 12.5.